The number of aryl methyl sites for hydroxylation is 1. The lowest BCUT2D eigenvalue weighted by Gasteiger charge is -2.25. The smallest absolute Gasteiger partial charge is 0.323 e. The van der Waals surface area contributed by atoms with E-state index in [-0.39, 0.29) is 12.1 Å². The molecule has 0 radical (unpaired) electrons. The number of amides is 2. The van der Waals surface area contributed by atoms with Crippen molar-refractivity contribution in [3.05, 3.63) is 28.6 Å². The Bertz CT molecular complexity index is 637. The van der Waals surface area contributed by atoms with E-state index in [9.17, 15) is 4.79 Å². The number of rotatable bonds is 7. The monoisotopic (exact) mass is 349 g/mol. The molecule has 8 heteroatoms. The summed E-state index contributed by atoms with van der Waals surface area (Å²) < 4.78 is 7.42. The van der Waals surface area contributed by atoms with E-state index in [0.717, 1.165) is 38.0 Å². The Morgan fingerprint density at radius 1 is 1.58 bits per heavy atom. The molecule has 0 aromatic carbocycles. The predicted octanol–water partition coefficient (Wildman–Crippen LogP) is 2.96. The molecule has 1 aliphatic rings. The molecule has 1 fully saturated rings. The summed E-state index contributed by atoms with van der Waals surface area (Å²) in [6.07, 6.45) is 4.91. The summed E-state index contributed by atoms with van der Waals surface area (Å²) in [5.41, 5.74) is 1.13. The minimum absolute atomic E-state index is 0.116. The van der Waals surface area contributed by atoms with Crippen LogP contribution in [-0.2, 0) is 17.8 Å². The molecule has 7 nitrogen and oxygen atoms in total. The number of hydrogen-bond acceptors (Lipinski definition) is 5. The van der Waals surface area contributed by atoms with Crippen molar-refractivity contribution >= 4 is 23.2 Å². The summed E-state index contributed by atoms with van der Waals surface area (Å²) in [4.78, 5) is 14.5. The highest BCUT2D eigenvalue weighted by molar-refractivity contribution is 7.07. The number of carbonyl (C=O) groups excluding carboxylic acids is 1. The van der Waals surface area contributed by atoms with E-state index in [1.54, 1.807) is 27.1 Å². The third-order valence-electron chi connectivity index (χ3n) is 3.92. The van der Waals surface area contributed by atoms with Crippen LogP contribution in [-0.4, -0.2) is 45.2 Å². The van der Waals surface area contributed by atoms with Gasteiger partial charge < -0.3 is 9.64 Å². The standard InChI is InChI=1S/C16H23N5O2S/c1-2-6-21-11-15(18-19-21)17-16(22)20(9-13-5-8-24-12-13)10-14-4-3-7-23-14/h5,8,11-12,14H,2-4,6-7,9-10H2,1H3,(H,17,22)/t14-/m0/s1. The van der Waals surface area contributed by atoms with Gasteiger partial charge in [-0.1, -0.05) is 12.1 Å². The van der Waals surface area contributed by atoms with Crippen molar-refractivity contribution in [2.24, 2.45) is 0 Å². The zero-order valence-corrected chi connectivity index (χ0v) is 14.7. The first kappa shape index (κ1) is 16.9. The first-order chi connectivity index (χ1) is 11.7. The van der Waals surface area contributed by atoms with Crippen molar-refractivity contribution in [2.75, 3.05) is 18.5 Å². The van der Waals surface area contributed by atoms with Crippen LogP contribution in [0.5, 0.6) is 0 Å². The fourth-order valence-electron chi connectivity index (χ4n) is 2.74. The van der Waals surface area contributed by atoms with Crippen LogP contribution in [0.1, 0.15) is 31.7 Å². The summed E-state index contributed by atoms with van der Waals surface area (Å²) in [6.45, 7) is 4.80. The van der Waals surface area contributed by atoms with Gasteiger partial charge in [-0.2, -0.15) is 11.3 Å². The third kappa shape index (κ3) is 4.55. The Morgan fingerprint density at radius 3 is 3.21 bits per heavy atom. The molecule has 0 bridgehead atoms. The molecule has 1 atom stereocenters. The average molecular weight is 349 g/mol. The largest absolute Gasteiger partial charge is 0.376 e. The zero-order chi connectivity index (χ0) is 16.8. The van der Waals surface area contributed by atoms with E-state index >= 15 is 0 Å². The SMILES string of the molecule is CCCn1cc(NC(=O)N(Cc2ccsc2)C[C@@H]2CCCO2)nn1. The topological polar surface area (TPSA) is 72.3 Å². The lowest BCUT2D eigenvalue weighted by molar-refractivity contribution is 0.0819. The highest BCUT2D eigenvalue weighted by Gasteiger charge is 2.23. The molecule has 3 rings (SSSR count). The third-order valence-corrected chi connectivity index (χ3v) is 4.65. The van der Waals surface area contributed by atoms with Crippen molar-refractivity contribution in [3.63, 3.8) is 0 Å². The van der Waals surface area contributed by atoms with Crippen LogP contribution in [0.2, 0.25) is 0 Å². The quantitative estimate of drug-likeness (QED) is 0.834. The minimum Gasteiger partial charge on any atom is -0.376 e. The van der Waals surface area contributed by atoms with Crippen LogP contribution >= 0.6 is 11.3 Å². The van der Waals surface area contributed by atoms with Crippen LogP contribution in [0.3, 0.4) is 0 Å². The molecular weight excluding hydrogens is 326 g/mol. The van der Waals surface area contributed by atoms with Crippen molar-refractivity contribution in [1.82, 2.24) is 19.9 Å². The van der Waals surface area contributed by atoms with E-state index in [0.29, 0.717) is 18.9 Å². The van der Waals surface area contributed by atoms with Crippen LogP contribution in [0, 0.1) is 0 Å². The second-order valence-electron chi connectivity index (χ2n) is 5.94. The maximum atomic E-state index is 12.7. The van der Waals surface area contributed by atoms with Crippen molar-refractivity contribution in [1.29, 1.82) is 0 Å². The van der Waals surface area contributed by atoms with Crippen molar-refractivity contribution < 1.29 is 9.53 Å². The lowest BCUT2D eigenvalue weighted by Crippen LogP contribution is -2.39. The number of nitrogens with one attached hydrogen (secondary N) is 1. The fourth-order valence-corrected chi connectivity index (χ4v) is 3.40. The summed E-state index contributed by atoms with van der Waals surface area (Å²) in [6, 6.07) is 1.87. The van der Waals surface area contributed by atoms with Gasteiger partial charge in [-0.05, 0) is 41.7 Å². The molecular formula is C16H23N5O2S. The highest BCUT2D eigenvalue weighted by Crippen LogP contribution is 2.17. The van der Waals surface area contributed by atoms with Gasteiger partial charge in [-0.25, -0.2) is 4.79 Å². The zero-order valence-electron chi connectivity index (χ0n) is 13.9. The molecule has 0 saturated carbocycles. The van der Waals surface area contributed by atoms with Gasteiger partial charge in [0.25, 0.3) is 0 Å². The molecule has 2 aromatic heterocycles. The van der Waals surface area contributed by atoms with Gasteiger partial charge in [-0.15, -0.1) is 5.10 Å². The second kappa shape index (κ2) is 8.25. The molecule has 2 aromatic rings. The van der Waals surface area contributed by atoms with Gasteiger partial charge in [-0.3, -0.25) is 10.00 Å². The predicted molar refractivity (Wildman–Crippen MR) is 93.0 cm³/mol. The van der Waals surface area contributed by atoms with Crippen LogP contribution in [0.15, 0.2) is 23.0 Å². The normalized spacial score (nSPS) is 17.1. The lowest BCUT2D eigenvalue weighted by atomic mass is 10.2. The Kier molecular flexibility index (Phi) is 5.81. The van der Waals surface area contributed by atoms with E-state index in [1.165, 1.54) is 0 Å². The molecule has 0 spiro atoms. The Balaban J connectivity index is 1.64. The van der Waals surface area contributed by atoms with Crippen LogP contribution in [0.25, 0.3) is 0 Å². The number of anilines is 1. The Morgan fingerprint density at radius 2 is 2.50 bits per heavy atom. The maximum absolute atomic E-state index is 12.7. The molecule has 1 aliphatic heterocycles. The molecule has 3 heterocycles. The summed E-state index contributed by atoms with van der Waals surface area (Å²) in [7, 11) is 0. The van der Waals surface area contributed by atoms with E-state index < -0.39 is 0 Å². The number of carbonyl (C=O) groups is 1. The molecule has 130 valence electrons. The van der Waals surface area contributed by atoms with Gasteiger partial charge in [0, 0.05) is 26.2 Å². The number of hydrogen-bond donors (Lipinski definition) is 1. The Hall–Kier alpha value is -1.93. The van der Waals surface area contributed by atoms with Crippen molar-refractivity contribution in [3.8, 4) is 0 Å². The number of thiophene rings is 1. The van der Waals surface area contributed by atoms with Crippen LogP contribution in [0.4, 0.5) is 10.6 Å². The number of nitrogens with zero attached hydrogens (tertiary/aromatic N) is 4. The van der Waals surface area contributed by atoms with Gasteiger partial charge in [0.05, 0.1) is 12.3 Å². The number of aromatic nitrogens is 3. The van der Waals surface area contributed by atoms with E-state index in [4.69, 9.17) is 4.74 Å². The summed E-state index contributed by atoms with van der Waals surface area (Å²) >= 11 is 1.63. The second-order valence-corrected chi connectivity index (χ2v) is 6.72. The maximum Gasteiger partial charge on any atom is 0.323 e. The van der Waals surface area contributed by atoms with Gasteiger partial charge >= 0.3 is 6.03 Å². The number of urea groups is 1. The fraction of sp³-hybridized carbons (Fsp3) is 0.562. The molecule has 0 unspecified atom stereocenters. The molecule has 2 amide bonds. The molecule has 0 aliphatic carbocycles. The molecule has 24 heavy (non-hydrogen) atoms. The first-order valence-corrected chi connectivity index (χ1v) is 9.27. The minimum atomic E-state index is -0.166. The molecule has 1 N–H and O–H groups in total. The van der Waals surface area contributed by atoms with Gasteiger partial charge in [0.2, 0.25) is 0 Å². The average Bonchev–Trinajstić information content (AvgIpc) is 3.30. The summed E-state index contributed by atoms with van der Waals surface area (Å²) in [5, 5.41) is 15.0. The Labute approximate surface area is 145 Å². The van der Waals surface area contributed by atoms with E-state index in [2.05, 4.69) is 27.9 Å². The molecule has 1 saturated heterocycles. The van der Waals surface area contributed by atoms with E-state index in [1.807, 2.05) is 11.4 Å². The van der Waals surface area contributed by atoms with Gasteiger partial charge in [0.15, 0.2) is 5.82 Å². The highest BCUT2D eigenvalue weighted by atomic mass is 32.1. The summed E-state index contributed by atoms with van der Waals surface area (Å²) in [5.74, 6) is 0.483. The van der Waals surface area contributed by atoms with Gasteiger partial charge in [0.1, 0.15) is 0 Å². The first-order valence-electron chi connectivity index (χ1n) is 8.33. The van der Waals surface area contributed by atoms with Crippen molar-refractivity contribution in [2.45, 2.75) is 45.4 Å². The number of ether oxygens (including phenoxy) is 1. The van der Waals surface area contributed by atoms with Crippen LogP contribution < -0.4 is 5.32 Å².